The van der Waals surface area contributed by atoms with Crippen molar-refractivity contribution in [1.29, 1.82) is 0 Å². The maximum atomic E-state index is 13.5. The Morgan fingerprint density at radius 2 is 1.89 bits per heavy atom. The summed E-state index contributed by atoms with van der Waals surface area (Å²) in [6, 6.07) is 5.98. The highest BCUT2D eigenvalue weighted by Gasteiger charge is 2.47. The van der Waals surface area contributed by atoms with Crippen LogP contribution < -0.4 is 5.32 Å². The van der Waals surface area contributed by atoms with Crippen molar-refractivity contribution in [1.82, 2.24) is 9.21 Å². The lowest BCUT2D eigenvalue weighted by molar-refractivity contribution is -0.134. The first-order chi connectivity index (χ1) is 13.2. The minimum absolute atomic E-state index is 0.125. The first-order valence-electron chi connectivity index (χ1n) is 8.98. The molecule has 1 saturated carbocycles. The molecule has 8 nitrogen and oxygen atoms in total. The van der Waals surface area contributed by atoms with Gasteiger partial charge < -0.3 is 15.3 Å². The Hall–Kier alpha value is -2.20. The van der Waals surface area contributed by atoms with E-state index in [9.17, 15) is 17.6 Å². The molecule has 1 aromatic carbocycles. The van der Waals surface area contributed by atoms with E-state index in [0.29, 0.717) is 31.6 Å². The molecule has 1 aliphatic carbocycles. The maximum Gasteiger partial charge on any atom is 0.290 e. The number of carbonyl (C=O) groups is 2. The summed E-state index contributed by atoms with van der Waals surface area (Å²) in [7, 11) is 0.0987. The molecule has 1 aliphatic heterocycles. The highest BCUT2D eigenvalue weighted by atomic mass is 32.2. The molecule has 1 saturated heterocycles. The summed E-state index contributed by atoms with van der Waals surface area (Å²) in [5.74, 6) is -0.508. The summed E-state index contributed by atoms with van der Waals surface area (Å²) in [5.41, 5.74) is -0.402. The molecule has 0 unspecified atom stereocenters. The Kier molecular flexibility index (Phi) is 7.00. The number of piperidine rings is 1. The van der Waals surface area contributed by atoms with Gasteiger partial charge in [0.15, 0.2) is 0 Å². The number of benzene rings is 1. The minimum atomic E-state index is -3.24. The van der Waals surface area contributed by atoms with E-state index in [1.165, 1.54) is 21.3 Å². The fraction of sp³-hybridized carbons (Fsp3) is 0.556. The molecule has 1 aromatic rings. The number of halogens is 1. The van der Waals surface area contributed by atoms with E-state index in [0.717, 1.165) is 12.8 Å². The van der Waals surface area contributed by atoms with Crippen molar-refractivity contribution in [3.8, 4) is 0 Å². The van der Waals surface area contributed by atoms with Crippen LogP contribution in [0.1, 0.15) is 25.7 Å². The van der Waals surface area contributed by atoms with E-state index in [1.54, 1.807) is 26.2 Å². The quantitative estimate of drug-likeness (QED) is 0.703. The van der Waals surface area contributed by atoms with Crippen LogP contribution in [0, 0.1) is 5.82 Å². The van der Waals surface area contributed by atoms with E-state index in [1.807, 2.05) is 0 Å². The summed E-state index contributed by atoms with van der Waals surface area (Å²) in [4.78, 5) is 22.7. The molecule has 0 atom stereocenters. The van der Waals surface area contributed by atoms with Crippen LogP contribution in [0.4, 0.5) is 10.1 Å². The fourth-order valence-corrected chi connectivity index (χ4v) is 5.21. The highest BCUT2D eigenvalue weighted by molar-refractivity contribution is 7.90. The zero-order chi connectivity index (χ0) is 20.9. The third-order valence-electron chi connectivity index (χ3n) is 4.91. The van der Waals surface area contributed by atoms with E-state index in [4.69, 9.17) is 9.90 Å². The number of rotatable bonds is 5. The molecular weight excluding hydrogens is 389 g/mol. The normalized spacial score (nSPS) is 19.1. The molecule has 0 radical (unpaired) electrons. The SMILES string of the molecule is CN(C)C(=O)C1(Nc2cccc(F)c2)CCN(S(=O)(=O)C2CC2)CC1.O=CO. The Labute approximate surface area is 164 Å². The predicted molar refractivity (Wildman–Crippen MR) is 103 cm³/mol. The lowest BCUT2D eigenvalue weighted by Gasteiger charge is -2.42. The summed E-state index contributed by atoms with van der Waals surface area (Å²) < 4.78 is 39.8. The molecule has 0 spiro atoms. The van der Waals surface area contributed by atoms with Gasteiger partial charge in [0.05, 0.1) is 5.25 Å². The Balaban J connectivity index is 0.000000878. The van der Waals surface area contributed by atoms with Crippen molar-refractivity contribution in [2.45, 2.75) is 36.5 Å². The molecular formula is C18H26FN3O5S. The van der Waals surface area contributed by atoms with Gasteiger partial charge in [-0.05, 0) is 43.9 Å². The lowest BCUT2D eigenvalue weighted by Crippen LogP contribution is -2.58. The Morgan fingerprint density at radius 1 is 1.32 bits per heavy atom. The smallest absolute Gasteiger partial charge is 0.290 e. The number of anilines is 1. The number of hydrogen-bond acceptors (Lipinski definition) is 5. The third kappa shape index (κ3) is 4.99. The zero-order valence-electron chi connectivity index (χ0n) is 16.0. The van der Waals surface area contributed by atoms with Gasteiger partial charge in [0.25, 0.3) is 6.47 Å². The van der Waals surface area contributed by atoms with Gasteiger partial charge in [-0.1, -0.05) is 6.07 Å². The van der Waals surface area contributed by atoms with Crippen LogP contribution in [0.3, 0.4) is 0 Å². The number of nitrogens with one attached hydrogen (secondary N) is 1. The summed E-state index contributed by atoms with van der Waals surface area (Å²) >= 11 is 0. The van der Waals surface area contributed by atoms with Crippen molar-refractivity contribution < 1.29 is 27.5 Å². The van der Waals surface area contributed by atoms with Gasteiger partial charge in [-0.25, -0.2) is 17.1 Å². The second-order valence-electron chi connectivity index (χ2n) is 7.17. The van der Waals surface area contributed by atoms with Crippen LogP contribution >= 0.6 is 0 Å². The number of hydrogen-bond donors (Lipinski definition) is 2. The largest absolute Gasteiger partial charge is 0.483 e. The molecule has 3 rings (SSSR count). The van der Waals surface area contributed by atoms with Gasteiger partial charge in [0, 0.05) is 32.9 Å². The molecule has 0 aromatic heterocycles. The average molecular weight is 415 g/mol. The summed E-state index contributed by atoms with van der Waals surface area (Å²) in [5, 5.41) is 9.82. The first kappa shape index (κ1) is 22.1. The molecule has 1 amide bonds. The van der Waals surface area contributed by atoms with Crippen LogP contribution in [-0.4, -0.2) is 73.1 Å². The molecule has 1 heterocycles. The Morgan fingerprint density at radius 3 is 2.36 bits per heavy atom. The van der Waals surface area contributed by atoms with Crippen LogP contribution in [0.2, 0.25) is 0 Å². The van der Waals surface area contributed by atoms with Crippen molar-refractivity contribution in [3.63, 3.8) is 0 Å². The average Bonchev–Trinajstić information content (AvgIpc) is 3.48. The van der Waals surface area contributed by atoms with Crippen LogP contribution in [0.25, 0.3) is 0 Å². The van der Waals surface area contributed by atoms with Gasteiger partial charge >= 0.3 is 0 Å². The second-order valence-corrected chi connectivity index (χ2v) is 9.38. The first-order valence-corrected chi connectivity index (χ1v) is 10.5. The van der Waals surface area contributed by atoms with Gasteiger partial charge in [0.1, 0.15) is 11.4 Å². The van der Waals surface area contributed by atoms with Crippen LogP contribution in [0.15, 0.2) is 24.3 Å². The van der Waals surface area contributed by atoms with E-state index in [2.05, 4.69) is 5.32 Å². The van der Waals surface area contributed by atoms with Crippen LogP contribution in [-0.2, 0) is 19.6 Å². The molecule has 0 bridgehead atoms. The number of carboxylic acid groups (broad SMARTS) is 1. The molecule has 2 fully saturated rings. The van der Waals surface area contributed by atoms with E-state index < -0.39 is 15.6 Å². The number of likely N-dealkylation sites (N-methyl/N-ethyl adjacent to an activating group) is 1. The molecule has 10 heteroatoms. The predicted octanol–water partition coefficient (Wildman–Crippen LogP) is 1.35. The maximum absolute atomic E-state index is 13.5. The monoisotopic (exact) mass is 415 g/mol. The topological polar surface area (TPSA) is 107 Å². The molecule has 2 N–H and O–H groups in total. The zero-order valence-corrected chi connectivity index (χ0v) is 16.8. The number of nitrogens with zero attached hydrogens (tertiary/aromatic N) is 2. The minimum Gasteiger partial charge on any atom is -0.483 e. The number of sulfonamides is 1. The second kappa shape index (κ2) is 8.87. The van der Waals surface area contributed by atoms with Crippen molar-refractivity contribution >= 4 is 28.1 Å². The van der Waals surface area contributed by atoms with Gasteiger partial charge in [-0.2, -0.15) is 0 Å². The highest BCUT2D eigenvalue weighted by Crippen LogP contribution is 2.35. The van der Waals surface area contributed by atoms with Crippen LogP contribution in [0.5, 0.6) is 0 Å². The van der Waals surface area contributed by atoms with Crippen molar-refractivity contribution in [2.24, 2.45) is 0 Å². The molecule has 156 valence electrons. The van der Waals surface area contributed by atoms with Gasteiger partial charge in [-0.3, -0.25) is 9.59 Å². The number of carbonyl (C=O) groups excluding carboxylic acids is 1. The standard InChI is InChI=1S/C17H24FN3O3S.CH2O2/c1-20(2)16(22)17(19-14-5-3-4-13(18)12-14)8-10-21(11-9-17)25(23,24)15-6-7-15;2-1-3/h3-5,12,15,19H,6-11H2,1-2H3;1H,(H,2,3). The summed E-state index contributed by atoms with van der Waals surface area (Å²) in [6.07, 6.45) is 2.16. The Bertz CT molecular complexity index is 803. The lowest BCUT2D eigenvalue weighted by atomic mass is 9.86. The van der Waals surface area contributed by atoms with E-state index >= 15 is 0 Å². The number of amides is 1. The third-order valence-corrected chi connectivity index (χ3v) is 7.30. The van der Waals surface area contributed by atoms with Gasteiger partial charge in [0.2, 0.25) is 15.9 Å². The summed E-state index contributed by atoms with van der Waals surface area (Å²) in [6.45, 7) is 0.335. The molecule has 28 heavy (non-hydrogen) atoms. The van der Waals surface area contributed by atoms with Crippen molar-refractivity contribution in [2.75, 3.05) is 32.5 Å². The molecule has 2 aliphatic rings. The fourth-order valence-electron chi connectivity index (χ4n) is 3.36. The van der Waals surface area contributed by atoms with Crippen molar-refractivity contribution in [3.05, 3.63) is 30.1 Å². The van der Waals surface area contributed by atoms with Gasteiger partial charge in [-0.15, -0.1) is 0 Å². The van der Waals surface area contributed by atoms with E-state index in [-0.39, 0.29) is 23.4 Å².